The second-order valence-electron chi connectivity index (χ2n) is 7.21. The lowest BCUT2D eigenvalue weighted by molar-refractivity contribution is -0.115. The summed E-state index contributed by atoms with van der Waals surface area (Å²) < 4.78 is 7.27. The second kappa shape index (κ2) is 6.60. The van der Waals surface area contributed by atoms with Crippen LogP contribution < -0.4 is 5.32 Å². The van der Waals surface area contributed by atoms with Gasteiger partial charge in [-0.05, 0) is 77.6 Å². The third kappa shape index (κ3) is 2.94. The van der Waals surface area contributed by atoms with Gasteiger partial charge in [0.05, 0.1) is 18.4 Å². The van der Waals surface area contributed by atoms with Gasteiger partial charge in [-0.25, -0.2) is 4.68 Å². The molecule has 7 heteroatoms. The summed E-state index contributed by atoms with van der Waals surface area (Å²) >= 11 is 0. The van der Waals surface area contributed by atoms with E-state index in [2.05, 4.69) is 33.0 Å². The lowest BCUT2D eigenvalue weighted by atomic mass is 10.0. The zero-order valence-electron chi connectivity index (χ0n) is 15.5. The van der Waals surface area contributed by atoms with Crippen molar-refractivity contribution in [2.45, 2.75) is 32.6 Å². The first kappa shape index (κ1) is 16.7. The third-order valence-electron chi connectivity index (χ3n) is 5.33. The minimum absolute atomic E-state index is 0.0832. The van der Waals surface area contributed by atoms with Crippen molar-refractivity contribution in [3.63, 3.8) is 0 Å². The van der Waals surface area contributed by atoms with Crippen LogP contribution in [0.2, 0.25) is 0 Å². The summed E-state index contributed by atoms with van der Waals surface area (Å²) in [4.78, 5) is 12.7. The van der Waals surface area contributed by atoms with Gasteiger partial charge in [-0.2, -0.15) is 0 Å². The zero-order chi connectivity index (χ0) is 19.1. The highest BCUT2D eigenvalue weighted by atomic mass is 16.3. The lowest BCUT2D eigenvalue weighted by Gasteiger charge is -2.10. The maximum absolute atomic E-state index is 12.7. The maximum atomic E-state index is 12.7. The second-order valence-corrected chi connectivity index (χ2v) is 7.21. The lowest BCUT2D eigenvalue weighted by Crippen LogP contribution is -2.15. The molecule has 0 unspecified atom stereocenters. The Hall–Kier alpha value is -3.48. The van der Waals surface area contributed by atoms with E-state index in [1.807, 2.05) is 25.1 Å². The number of hydrogen-bond donors (Lipinski definition) is 1. The van der Waals surface area contributed by atoms with Gasteiger partial charge in [0.25, 0.3) is 0 Å². The number of tetrazole rings is 1. The van der Waals surface area contributed by atoms with E-state index in [-0.39, 0.29) is 12.3 Å². The van der Waals surface area contributed by atoms with E-state index in [0.717, 1.165) is 46.3 Å². The van der Waals surface area contributed by atoms with Gasteiger partial charge >= 0.3 is 0 Å². The summed E-state index contributed by atoms with van der Waals surface area (Å²) in [5.41, 5.74) is 7.02. The van der Waals surface area contributed by atoms with Crippen molar-refractivity contribution in [1.82, 2.24) is 20.2 Å². The number of rotatable bonds is 4. The highest BCUT2D eigenvalue weighted by Gasteiger charge is 2.17. The standard InChI is InChI=1S/C21H19N5O2/c1-13-5-6-17(26-12-22-24-25-26)10-19(13)23-21(27)9-16-11-28-20-8-15-4-2-3-14(15)7-18(16)20/h5-8,10-12H,2-4,9H2,1H3,(H,23,27). The Morgan fingerprint density at radius 1 is 1.21 bits per heavy atom. The first-order valence-corrected chi connectivity index (χ1v) is 9.33. The number of nitrogens with zero attached hydrogens (tertiary/aromatic N) is 4. The average Bonchev–Trinajstić information content (AvgIpc) is 3.43. The summed E-state index contributed by atoms with van der Waals surface area (Å²) in [7, 11) is 0. The minimum atomic E-state index is -0.0832. The smallest absolute Gasteiger partial charge is 0.228 e. The molecule has 28 heavy (non-hydrogen) atoms. The van der Waals surface area contributed by atoms with E-state index in [9.17, 15) is 4.79 Å². The fourth-order valence-electron chi connectivity index (χ4n) is 3.82. The Morgan fingerprint density at radius 2 is 2.07 bits per heavy atom. The SMILES string of the molecule is Cc1ccc(-n2cnnn2)cc1NC(=O)Cc1coc2cc3c(cc12)CCC3. The molecular formula is C21H19N5O2. The summed E-state index contributed by atoms with van der Waals surface area (Å²) in [5.74, 6) is -0.0832. The molecule has 0 spiro atoms. The van der Waals surface area contributed by atoms with Crippen molar-refractivity contribution in [3.05, 3.63) is 65.2 Å². The molecule has 1 amide bonds. The molecule has 5 rings (SSSR count). The molecule has 2 heterocycles. The quantitative estimate of drug-likeness (QED) is 0.593. The zero-order valence-corrected chi connectivity index (χ0v) is 15.5. The molecule has 0 radical (unpaired) electrons. The number of aromatic nitrogens is 4. The van der Waals surface area contributed by atoms with Crippen LogP contribution in [0.3, 0.4) is 0 Å². The Morgan fingerprint density at radius 3 is 2.89 bits per heavy atom. The van der Waals surface area contributed by atoms with Crippen molar-refractivity contribution in [1.29, 1.82) is 0 Å². The Kier molecular flexibility index (Phi) is 3.93. The fraction of sp³-hybridized carbons (Fsp3) is 0.238. The molecule has 4 aromatic rings. The topological polar surface area (TPSA) is 85.8 Å². The summed E-state index contributed by atoms with van der Waals surface area (Å²) in [5, 5.41) is 15.2. The number of carbonyl (C=O) groups excluding carboxylic acids is 1. The number of amides is 1. The van der Waals surface area contributed by atoms with Crippen LogP contribution in [0.4, 0.5) is 5.69 Å². The van der Waals surface area contributed by atoms with E-state index in [0.29, 0.717) is 0 Å². The Labute approximate surface area is 161 Å². The summed E-state index contributed by atoms with van der Waals surface area (Å²) in [6, 6.07) is 10.0. The third-order valence-corrected chi connectivity index (χ3v) is 5.33. The van der Waals surface area contributed by atoms with Crippen molar-refractivity contribution in [2.75, 3.05) is 5.32 Å². The maximum Gasteiger partial charge on any atom is 0.228 e. The molecule has 0 atom stereocenters. The van der Waals surface area contributed by atoms with Crippen LogP contribution in [0.1, 0.15) is 28.7 Å². The molecule has 0 bridgehead atoms. The van der Waals surface area contributed by atoms with Crippen LogP contribution in [-0.2, 0) is 24.1 Å². The highest BCUT2D eigenvalue weighted by molar-refractivity contribution is 5.96. The molecule has 0 saturated heterocycles. The molecule has 2 aromatic heterocycles. The van der Waals surface area contributed by atoms with E-state index >= 15 is 0 Å². The largest absolute Gasteiger partial charge is 0.464 e. The van der Waals surface area contributed by atoms with Crippen LogP contribution in [0.25, 0.3) is 16.7 Å². The number of benzene rings is 2. The predicted octanol–water partition coefficient (Wildman–Crippen LogP) is 3.39. The van der Waals surface area contributed by atoms with Crippen molar-refractivity contribution in [2.24, 2.45) is 0 Å². The van der Waals surface area contributed by atoms with E-state index in [1.165, 1.54) is 23.9 Å². The van der Waals surface area contributed by atoms with Gasteiger partial charge in [0.2, 0.25) is 5.91 Å². The molecular weight excluding hydrogens is 354 g/mol. The van der Waals surface area contributed by atoms with Crippen molar-refractivity contribution >= 4 is 22.6 Å². The van der Waals surface area contributed by atoms with Crippen LogP contribution >= 0.6 is 0 Å². The number of carbonyl (C=O) groups is 1. The summed E-state index contributed by atoms with van der Waals surface area (Å²) in [6.45, 7) is 1.95. The van der Waals surface area contributed by atoms with Crippen molar-refractivity contribution < 1.29 is 9.21 Å². The number of aryl methyl sites for hydroxylation is 3. The molecule has 1 N–H and O–H groups in total. The molecule has 140 valence electrons. The monoisotopic (exact) mass is 373 g/mol. The molecule has 2 aromatic carbocycles. The molecule has 7 nitrogen and oxygen atoms in total. The van der Waals surface area contributed by atoms with Crippen LogP contribution in [0.5, 0.6) is 0 Å². The highest BCUT2D eigenvalue weighted by Crippen LogP contribution is 2.30. The molecule has 1 aliphatic carbocycles. The number of nitrogens with one attached hydrogen (secondary N) is 1. The van der Waals surface area contributed by atoms with Gasteiger partial charge in [-0.1, -0.05) is 6.07 Å². The van der Waals surface area contributed by atoms with Gasteiger partial charge in [-0.15, -0.1) is 5.10 Å². The number of furan rings is 1. The van der Waals surface area contributed by atoms with E-state index in [4.69, 9.17) is 4.42 Å². The molecule has 0 saturated carbocycles. The van der Waals surface area contributed by atoms with Gasteiger partial charge in [-0.3, -0.25) is 4.79 Å². The summed E-state index contributed by atoms with van der Waals surface area (Å²) in [6.07, 6.45) is 6.88. The first-order valence-electron chi connectivity index (χ1n) is 9.33. The first-order chi connectivity index (χ1) is 13.7. The average molecular weight is 373 g/mol. The van der Waals surface area contributed by atoms with Crippen LogP contribution in [-0.4, -0.2) is 26.1 Å². The normalized spacial score (nSPS) is 13.0. The molecule has 0 fully saturated rings. The Balaban J connectivity index is 1.38. The van der Waals surface area contributed by atoms with E-state index in [1.54, 1.807) is 10.9 Å². The van der Waals surface area contributed by atoms with Crippen LogP contribution in [0.15, 0.2) is 47.3 Å². The predicted molar refractivity (Wildman–Crippen MR) is 104 cm³/mol. The van der Waals surface area contributed by atoms with Gasteiger partial charge < -0.3 is 9.73 Å². The van der Waals surface area contributed by atoms with Crippen LogP contribution in [0, 0.1) is 6.92 Å². The minimum Gasteiger partial charge on any atom is -0.464 e. The fourth-order valence-corrected chi connectivity index (χ4v) is 3.82. The number of fused-ring (bicyclic) bond motifs is 2. The van der Waals surface area contributed by atoms with E-state index < -0.39 is 0 Å². The van der Waals surface area contributed by atoms with Gasteiger partial charge in [0.1, 0.15) is 11.9 Å². The molecule has 0 aliphatic heterocycles. The number of anilines is 1. The van der Waals surface area contributed by atoms with Gasteiger partial charge in [0, 0.05) is 16.6 Å². The molecule has 1 aliphatic rings. The van der Waals surface area contributed by atoms with Gasteiger partial charge in [0.15, 0.2) is 0 Å². The Bertz CT molecular complexity index is 1180. The van der Waals surface area contributed by atoms with Crippen molar-refractivity contribution in [3.8, 4) is 5.69 Å². The number of hydrogen-bond acceptors (Lipinski definition) is 5.